The minimum atomic E-state index is 0.0831. The summed E-state index contributed by atoms with van der Waals surface area (Å²) < 4.78 is 12.2. The van der Waals surface area contributed by atoms with Crippen LogP contribution in [0.1, 0.15) is 30.9 Å². The second-order valence-corrected chi connectivity index (χ2v) is 8.43. The van der Waals surface area contributed by atoms with Crippen LogP contribution in [0.5, 0.6) is 11.5 Å². The van der Waals surface area contributed by atoms with Crippen LogP contribution in [0.15, 0.2) is 22.5 Å². The highest BCUT2D eigenvalue weighted by Crippen LogP contribution is 2.38. The number of carbonyl (C=O) groups excluding carboxylic acids is 1. The van der Waals surface area contributed by atoms with Crippen molar-refractivity contribution in [1.29, 1.82) is 0 Å². The van der Waals surface area contributed by atoms with E-state index in [4.69, 9.17) is 15.2 Å². The molecule has 1 atom stereocenters. The molecular formula is C17H20N4O3S2. The van der Waals surface area contributed by atoms with Crippen LogP contribution in [0.2, 0.25) is 0 Å². The fourth-order valence-electron chi connectivity index (χ4n) is 3.28. The van der Waals surface area contributed by atoms with E-state index in [1.165, 1.54) is 23.1 Å². The van der Waals surface area contributed by atoms with Crippen molar-refractivity contribution in [2.24, 2.45) is 0 Å². The number of hydrogen-bond acceptors (Lipinski definition) is 8. The molecule has 7 nitrogen and oxygen atoms in total. The number of anilines is 1. The first-order valence-electron chi connectivity index (χ1n) is 8.61. The highest BCUT2D eigenvalue weighted by atomic mass is 32.2. The predicted octanol–water partition coefficient (Wildman–Crippen LogP) is 2.74. The summed E-state index contributed by atoms with van der Waals surface area (Å²) in [4.78, 5) is 14.7. The van der Waals surface area contributed by atoms with Crippen LogP contribution in [0, 0.1) is 0 Å². The lowest BCUT2D eigenvalue weighted by Crippen LogP contribution is -2.32. The summed E-state index contributed by atoms with van der Waals surface area (Å²) in [5.41, 5.74) is 6.69. The molecule has 4 rings (SSSR count). The largest absolute Gasteiger partial charge is 0.490 e. The fourth-order valence-corrected chi connectivity index (χ4v) is 4.81. The Balaban J connectivity index is 1.45. The smallest absolute Gasteiger partial charge is 0.233 e. The minimum absolute atomic E-state index is 0.0831. The molecular weight excluding hydrogens is 372 g/mol. The molecule has 0 aliphatic carbocycles. The lowest BCUT2D eigenvalue weighted by molar-refractivity contribution is -0.129. The Morgan fingerprint density at radius 3 is 2.92 bits per heavy atom. The number of amides is 1. The Morgan fingerprint density at radius 2 is 2.12 bits per heavy atom. The Bertz CT molecular complexity index is 798. The molecule has 1 aromatic carbocycles. The van der Waals surface area contributed by atoms with Gasteiger partial charge in [0.25, 0.3) is 0 Å². The van der Waals surface area contributed by atoms with E-state index >= 15 is 0 Å². The number of rotatable bonds is 4. The SMILES string of the molecule is Nc1nnc(SCC(=O)N2CCCC2c2ccc3c(c2)OCCCO3)s1. The standard InChI is InChI=1S/C17H20N4O3S2/c18-16-19-20-17(26-16)25-10-15(22)21-6-1-3-12(21)11-4-5-13-14(9-11)24-8-2-7-23-13/h4-5,9,12H,1-3,6-8,10H2,(H2,18,19). The molecule has 3 heterocycles. The molecule has 0 saturated carbocycles. The number of hydrogen-bond donors (Lipinski definition) is 1. The highest BCUT2D eigenvalue weighted by molar-refractivity contribution is 8.01. The molecule has 0 bridgehead atoms. The van der Waals surface area contributed by atoms with Gasteiger partial charge >= 0.3 is 0 Å². The van der Waals surface area contributed by atoms with Gasteiger partial charge in [-0.25, -0.2) is 0 Å². The molecule has 138 valence electrons. The zero-order valence-corrected chi connectivity index (χ0v) is 15.9. The summed E-state index contributed by atoms with van der Waals surface area (Å²) >= 11 is 2.69. The topological polar surface area (TPSA) is 90.6 Å². The van der Waals surface area contributed by atoms with E-state index in [1.807, 2.05) is 23.1 Å². The number of benzene rings is 1. The number of aromatic nitrogens is 2. The van der Waals surface area contributed by atoms with Gasteiger partial charge in [-0.2, -0.15) is 0 Å². The van der Waals surface area contributed by atoms with Gasteiger partial charge in [0, 0.05) is 13.0 Å². The van der Waals surface area contributed by atoms with Crippen molar-refractivity contribution >= 4 is 34.1 Å². The Labute approximate surface area is 159 Å². The van der Waals surface area contributed by atoms with Gasteiger partial charge in [-0.1, -0.05) is 29.2 Å². The van der Waals surface area contributed by atoms with Gasteiger partial charge in [0.05, 0.1) is 25.0 Å². The van der Waals surface area contributed by atoms with Crippen LogP contribution in [0.25, 0.3) is 0 Å². The molecule has 9 heteroatoms. The first-order valence-corrected chi connectivity index (χ1v) is 10.4. The predicted molar refractivity (Wildman–Crippen MR) is 101 cm³/mol. The third-order valence-corrected chi connectivity index (χ3v) is 6.34. The molecule has 0 radical (unpaired) electrons. The third kappa shape index (κ3) is 3.73. The second-order valence-electron chi connectivity index (χ2n) is 6.20. The van der Waals surface area contributed by atoms with Crippen molar-refractivity contribution in [3.05, 3.63) is 23.8 Å². The number of thioether (sulfide) groups is 1. The van der Waals surface area contributed by atoms with Gasteiger partial charge in [-0.05, 0) is 30.5 Å². The first-order chi connectivity index (χ1) is 12.7. The summed E-state index contributed by atoms with van der Waals surface area (Å²) in [7, 11) is 0. The Morgan fingerprint density at radius 1 is 1.27 bits per heavy atom. The van der Waals surface area contributed by atoms with Crippen LogP contribution in [0.3, 0.4) is 0 Å². The van der Waals surface area contributed by atoms with Gasteiger partial charge in [0.2, 0.25) is 11.0 Å². The molecule has 2 aliphatic rings. The number of ether oxygens (including phenoxy) is 2. The van der Waals surface area contributed by atoms with Crippen molar-refractivity contribution < 1.29 is 14.3 Å². The quantitative estimate of drug-likeness (QED) is 0.800. The maximum absolute atomic E-state index is 12.7. The van der Waals surface area contributed by atoms with Crippen molar-refractivity contribution in [1.82, 2.24) is 15.1 Å². The molecule has 2 N–H and O–H groups in total. The number of likely N-dealkylation sites (tertiary alicyclic amines) is 1. The molecule has 1 aromatic heterocycles. The number of nitrogens with two attached hydrogens (primary N) is 1. The molecule has 0 spiro atoms. The average molecular weight is 393 g/mol. The second kappa shape index (κ2) is 7.71. The molecule has 2 aliphatic heterocycles. The first kappa shape index (κ1) is 17.4. The third-order valence-electron chi connectivity index (χ3n) is 4.47. The van der Waals surface area contributed by atoms with Crippen molar-refractivity contribution in [3.63, 3.8) is 0 Å². The number of carbonyl (C=O) groups is 1. The van der Waals surface area contributed by atoms with E-state index in [2.05, 4.69) is 10.2 Å². The molecule has 26 heavy (non-hydrogen) atoms. The van der Waals surface area contributed by atoms with Crippen LogP contribution >= 0.6 is 23.1 Å². The van der Waals surface area contributed by atoms with Crippen LogP contribution in [-0.2, 0) is 4.79 Å². The molecule has 2 aromatic rings. The van der Waals surface area contributed by atoms with Crippen molar-refractivity contribution in [2.75, 3.05) is 31.2 Å². The van der Waals surface area contributed by atoms with Crippen LogP contribution in [0.4, 0.5) is 5.13 Å². The Kier molecular flexibility index (Phi) is 5.16. The normalized spacial score (nSPS) is 19.4. The van der Waals surface area contributed by atoms with Crippen molar-refractivity contribution in [3.8, 4) is 11.5 Å². The molecule has 1 unspecified atom stereocenters. The summed E-state index contributed by atoms with van der Waals surface area (Å²) in [6, 6.07) is 6.10. The Hall–Kier alpha value is -2.00. The van der Waals surface area contributed by atoms with E-state index < -0.39 is 0 Å². The van der Waals surface area contributed by atoms with Crippen LogP contribution in [-0.4, -0.2) is 46.5 Å². The van der Waals surface area contributed by atoms with Gasteiger partial charge < -0.3 is 20.1 Å². The van der Waals surface area contributed by atoms with Gasteiger partial charge in [0.1, 0.15) is 0 Å². The van der Waals surface area contributed by atoms with E-state index in [9.17, 15) is 4.79 Å². The molecule has 1 saturated heterocycles. The zero-order chi connectivity index (χ0) is 17.9. The van der Waals surface area contributed by atoms with E-state index in [0.717, 1.165) is 47.2 Å². The average Bonchev–Trinajstić information content (AvgIpc) is 3.23. The minimum Gasteiger partial charge on any atom is -0.490 e. The van der Waals surface area contributed by atoms with E-state index in [0.29, 0.717) is 24.1 Å². The summed E-state index contributed by atoms with van der Waals surface area (Å²) in [5.74, 6) is 2.01. The van der Waals surface area contributed by atoms with Crippen LogP contribution < -0.4 is 15.2 Å². The van der Waals surface area contributed by atoms with Crippen molar-refractivity contribution in [2.45, 2.75) is 29.6 Å². The zero-order valence-electron chi connectivity index (χ0n) is 14.2. The monoisotopic (exact) mass is 392 g/mol. The lowest BCUT2D eigenvalue weighted by Gasteiger charge is -2.25. The van der Waals surface area contributed by atoms with E-state index in [-0.39, 0.29) is 11.9 Å². The fraction of sp³-hybridized carbons (Fsp3) is 0.471. The maximum Gasteiger partial charge on any atom is 0.233 e. The number of fused-ring (bicyclic) bond motifs is 1. The molecule has 1 amide bonds. The number of nitrogens with zero attached hydrogens (tertiary/aromatic N) is 3. The van der Waals surface area contributed by atoms with Gasteiger partial charge in [-0.3, -0.25) is 4.79 Å². The molecule has 1 fully saturated rings. The van der Waals surface area contributed by atoms with Gasteiger partial charge in [0.15, 0.2) is 15.8 Å². The summed E-state index contributed by atoms with van der Waals surface area (Å²) in [5, 5.41) is 8.15. The lowest BCUT2D eigenvalue weighted by atomic mass is 10.0. The maximum atomic E-state index is 12.7. The number of nitrogen functional groups attached to an aromatic ring is 1. The summed E-state index contributed by atoms with van der Waals surface area (Å²) in [6.07, 6.45) is 2.84. The summed E-state index contributed by atoms with van der Waals surface area (Å²) in [6.45, 7) is 2.11. The van der Waals surface area contributed by atoms with Gasteiger partial charge in [-0.15, -0.1) is 10.2 Å². The van der Waals surface area contributed by atoms with E-state index in [1.54, 1.807) is 0 Å². The highest BCUT2D eigenvalue weighted by Gasteiger charge is 2.30.